The van der Waals surface area contributed by atoms with Crippen molar-refractivity contribution in [3.05, 3.63) is 64.2 Å². The molecule has 0 saturated carbocycles. The molecule has 3 aromatic rings. The highest BCUT2D eigenvalue weighted by Gasteiger charge is 2.24. The summed E-state index contributed by atoms with van der Waals surface area (Å²) in [6, 6.07) is 9.99. The second-order valence-electron chi connectivity index (χ2n) is 5.96. The zero-order valence-corrected chi connectivity index (χ0v) is 17.0. The normalized spacial score (nSPS) is 11.0. The summed E-state index contributed by atoms with van der Waals surface area (Å²) in [5.74, 6) is -1.30. The number of nitro benzene ring substituents is 1. The maximum atomic E-state index is 12.8. The average molecular weight is 448 g/mol. The van der Waals surface area contributed by atoms with E-state index in [2.05, 4.69) is 5.10 Å². The van der Waals surface area contributed by atoms with Crippen molar-refractivity contribution in [1.82, 2.24) is 9.19 Å². The first-order valence-electron chi connectivity index (χ1n) is 8.47. The lowest BCUT2D eigenvalue weighted by atomic mass is 10.2. The number of hydrogen-bond acceptors (Lipinski definition) is 10. The molecule has 2 N–H and O–H groups in total. The molecule has 0 aliphatic heterocycles. The Morgan fingerprint density at radius 1 is 1.10 bits per heavy atom. The Bertz CT molecular complexity index is 1250. The van der Waals surface area contributed by atoms with Crippen molar-refractivity contribution in [2.75, 3.05) is 20.0 Å². The smallest absolute Gasteiger partial charge is 0.345 e. The van der Waals surface area contributed by atoms with Gasteiger partial charge >= 0.3 is 11.7 Å². The van der Waals surface area contributed by atoms with E-state index in [1.54, 1.807) is 0 Å². The number of ether oxygens (including phenoxy) is 3. The van der Waals surface area contributed by atoms with Crippen LogP contribution >= 0.6 is 0 Å². The second kappa shape index (κ2) is 8.31. The molecule has 162 valence electrons. The molecule has 0 saturated heterocycles. The lowest BCUT2D eigenvalue weighted by Crippen LogP contribution is -2.17. The number of nitrogens with zero attached hydrogens (tertiary/aromatic N) is 3. The van der Waals surface area contributed by atoms with Crippen LogP contribution in [0.3, 0.4) is 0 Å². The Hall–Kier alpha value is -4.13. The maximum absolute atomic E-state index is 12.8. The molecule has 0 unspecified atom stereocenters. The van der Waals surface area contributed by atoms with Crippen LogP contribution in [0.4, 0.5) is 11.5 Å². The SMILES string of the molecule is COc1ccc(S(=O)(=O)n2nc(OC(=O)c3ccc(OC)c([N+](=O)[O-])c3)cc2N)cc1. The van der Waals surface area contributed by atoms with Crippen LogP contribution in [0.25, 0.3) is 0 Å². The van der Waals surface area contributed by atoms with E-state index in [0.29, 0.717) is 9.84 Å². The fourth-order valence-corrected chi connectivity index (χ4v) is 3.76. The minimum atomic E-state index is -4.17. The highest BCUT2D eigenvalue weighted by Crippen LogP contribution is 2.28. The standard InChI is InChI=1S/C18H16N4O8S/c1-28-12-4-6-13(7-5-12)31(26,27)21-16(19)10-17(20-21)30-18(23)11-3-8-15(29-2)14(9-11)22(24)25/h3-10H,19H2,1-2H3. The predicted octanol–water partition coefficient (Wildman–Crippen LogP) is 1.85. The topological polar surface area (TPSA) is 166 Å². The van der Waals surface area contributed by atoms with Crippen LogP contribution < -0.4 is 19.9 Å². The molecule has 0 bridgehead atoms. The number of methoxy groups -OCH3 is 2. The lowest BCUT2D eigenvalue weighted by molar-refractivity contribution is -0.385. The molecule has 31 heavy (non-hydrogen) atoms. The molecule has 0 amide bonds. The number of benzene rings is 2. The van der Waals surface area contributed by atoms with Crippen molar-refractivity contribution in [2.45, 2.75) is 4.90 Å². The van der Waals surface area contributed by atoms with E-state index in [1.165, 1.54) is 50.6 Å². The maximum Gasteiger partial charge on any atom is 0.345 e. The summed E-state index contributed by atoms with van der Waals surface area (Å²) in [5, 5.41) is 14.8. The van der Waals surface area contributed by atoms with Gasteiger partial charge in [0.05, 0.1) is 29.6 Å². The molecule has 0 aliphatic carbocycles. The van der Waals surface area contributed by atoms with E-state index in [-0.39, 0.29) is 22.0 Å². The molecule has 13 heteroatoms. The fraction of sp³-hybridized carbons (Fsp3) is 0.111. The Balaban J connectivity index is 1.88. The Kier molecular flexibility index (Phi) is 5.79. The first-order chi connectivity index (χ1) is 14.7. The quantitative estimate of drug-likeness (QED) is 0.320. The van der Waals surface area contributed by atoms with Crippen LogP contribution in [0.2, 0.25) is 0 Å². The summed E-state index contributed by atoms with van der Waals surface area (Å²) in [6.45, 7) is 0. The van der Waals surface area contributed by atoms with E-state index < -0.39 is 32.5 Å². The minimum Gasteiger partial charge on any atom is -0.497 e. The van der Waals surface area contributed by atoms with Crippen molar-refractivity contribution >= 4 is 27.5 Å². The number of carbonyl (C=O) groups is 1. The highest BCUT2D eigenvalue weighted by molar-refractivity contribution is 7.90. The second-order valence-corrected chi connectivity index (χ2v) is 7.73. The van der Waals surface area contributed by atoms with Crippen molar-refractivity contribution < 1.29 is 32.3 Å². The largest absolute Gasteiger partial charge is 0.497 e. The number of esters is 1. The van der Waals surface area contributed by atoms with E-state index in [9.17, 15) is 23.3 Å². The molecular formula is C18H16N4O8S. The van der Waals surface area contributed by atoms with Gasteiger partial charge in [-0.25, -0.2) is 4.79 Å². The first kappa shape index (κ1) is 21.6. The highest BCUT2D eigenvalue weighted by atomic mass is 32.2. The van der Waals surface area contributed by atoms with Gasteiger partial charge in [-0.15, -0.1) is 9.19 Å². The van der Waals surface area contributed by atoms with Gasteiger partial charge in [-0.3, -0.25) is 10.1 Å². The third-order valence-electron chi connectivity index (χ3n) is 4.08. The molecule has 0 spiro atoms. The molecule has 1 aromatic heterocycles. The van der Waals surface area contributed by atoms with Gasteiger partial charge in [-0.1, -0.05) is 0 Å². The van der Waals surface area contributed by atoms with Crippen LogP contribution in [0.15, 0.2) is 53.4 Å². The Morgan fingerprint density at radius 2 is 1.77 bits per heavy atom. The molecule has 0 fully saturated rings. The summed E-state index contributed by atoms with van der Waals surface area (Å²) in [5.41, 5.74) is 5.13. The molecular weight excluding hydrogens is 432 g/mol. The van der Waals surface area contributed by atoms with Crippen LogP contribution in [0.1, 0.15) is 10.4 Å². The number of anilines is 1. The predicted molar refractivity (Wildman–Crippen MR) is 107 cm³/mol. The Labute approximate surface area is 176 Å². The monoisotopic (exact) mass is 448 g/mol. The number of nitrogens with two attached hydrogens (primary N) is 1. The third kappa shape index (κ3) is 4.25. The summed E-state index contributed by atoms with van der Waals surface area (Å²) < 4.78 is 40.9. The number of nitrogen functional groups attached to an aromatic ring is 1. The van der Waals surface area contributed by atoms with Gasteiger partial charge in [0.2, 0.25) is 5.88 Å². The molecule has 0 aliphatic rings. The van der Waals surface area contributed by atoms with E-state index in [1.807, 2.05) is 0 Å². The number of nitro groups is 1. The van der Waals surface area contributed by atoms with E-state index in [0.717, 1.165) is 12.1 Å². The van der Waals surface area contributed by atoms with Crippen molar-refractivity contribution in [2.24, 2.45) is 0 Å². The van der Waals surface area contributed by atoms with Gasteiger partial charge in [0, 0.05) is 12.1 Å². The number of hydrogen-bond donors (Lipinski definition) is 1. The number of aromatic nitrogens is 2. The fourth-order valence-electron chi connectivity index (χ4n) is 2.56. The van der Waals surface area contributed by atoms with Gasteiger partial charge in [0.25, 0.3) is 10.0 Å². The zero-order chi connectivity index (χ0) is 22.8. The van der Waals surface area contributed by atoms with Gasteiger partial charge in [-0.05, 0) is 36.4 Å². The summed E-state index contributed by atoms with van der Waals surface area (Å²) in [4.78, 5) is 22.6. The van der Waals surface area contributed by atoms with Crippen LogP contribution in [0.5, 0.6) is 17.4 Å². The first-order valence-corrected chi connectivity index (χ1v) is 9.91. The molecule has 2 aromatic carbocycles. The number of carbonyl (C=O) groups excluding carboxylic acids is 1. The number of rotatable bonds is 7. The van der Waals surface area contributed by atoms with Crippen LogP contribution in [-0.2, 0) is 10.0 Å². The summed E-state index contributed by atoms with van der Waals surface area (Å²) in [7, 11) is -1.49. The van der Waals surface area contributed by atoms with Crippen molar-refractivity contribution in [3.63, 3.8) is 0 Å². The van der Waals surface area contributed by atoms with Gasteiger partial charge in [0.1, 0.15) is 11.6 Å². The van der Waals surface area contributed by atoms with Crippen LogP contribution in [-0.4, -0.2) is 42.7 Å². The van der Waals surface area contributed by atoms with Crippen LogP contribution in [0, 0.1) is 10.1 Å². The zero-order valence-electron chi connectivity index (χ0n) is 16.2. The van der Waals surface area contributed by atoms with Gasteiger partial charge in [0.15, 0.2) is 5.75 Å². The summed E-state index contributed by atoms with van der Waals surface area (Å²) >= 11 is 0. The van der Waals surface area contributed by atoms with Gasteiger partial charge in [-0.2, -0.15) is 8.42 Å². The Morgan fingerprint density at radius 3 is 2.35 bits per heavy atom. The van der Waals surface area contributed by atoms with E-state index in [4.69, 9.17) is 19.9 Å². The molecule has 0 radical (unpaired) electrons. The summed E-state index contributed by atoms with van der Waals surface area (Å²) in [6.07, 6.45) is 0. The average Bonchev–Trinajstić information content (AvgIpc) is 3.13. The molecule has 0 atom stereocenters. The minimum absolute atomic E-state index is 0.0411. The molecule has 3 rings (SSSR count). The molecule has 1 heterocycles. The lowest BCUT2D eigenvalue weighted by Gasteiger charge is -2.07. The molecule has 12 nitrogen and oxygen atoms in total. The third-order valence-corrected chi connectivity index (χ3v) is 5.69. The van der Waals surface area contributed by atoms with E-state index >= 15 is 0 Å². The van der Waals surface area contributed by atoms with Gasteiger partial charge < -0.3 is 19.9 Å². The van der Waals surface area contributed by atoms with Crippen molar-refractivity contribution in [1.29, 1.82) is 0 Å². The van der Waals surface area contributed by atoms with Crippen molar-refractivity contribution in [3.8, 4) is 17.4 Å².